The zero-order valence-corrected chi connectivity index (χ0v) is 19.4. The lowest BCUT2D eigenvalue weighted by molar-refractivity contribution is -0.116. The lowest BCUT2D eigenvalue weighted by atomic mass is 10.2. The number of rotatable bonds is 7. The van der Waals surface area contributed by atoms with E-state index in [1.807, 2.05) is 30.3 Å². The summed E-state index contributed by atoms with van der Waals surface area (Å²) in [5, 5.41) is 4.03. The van der Waals surface area contributed by atoms with Gasteiger partial charge in [0.15, 0.2) is 0 Å². The Morgan fingerprint density at radius 3 is 2.36 bits per heavy atom. The van der Waals surface area contributed by atoms with E-state index in [1.54, 1.807) is 11.3 Å². The molecule has 1 N–H and O–H groups in total. The molecule has 168 valence electrons. The molecule has 1 saturated heterocycles. The SMILES string of the molecule is O=C(CCc1nc2ccccc2s1)Nc1ccc(N2CCN(Cc3ccccc3)CC2)cc1. The quantitative estimate of drug-likeness (QED) is 0.416. The van der Waals surface area contributed by atoms with Gasteiger partial charge >= 0.3 is 0 Å². The van der Waals surface area contributed by atoms with Crippen LogP contribution in [0.2, 0.25) is 0 Å². The van der Waals surface area contributed by atoms with E-state index in [0.29, 0.717) is 12.8 Å². The van der Waals surface area contributed by atoms with Gasteiger partial charge in [-0.05, 0) is 42.0 Å². The molecule has 0 spiro atoms. The number of benzene rings is 3. The van der Waals surface area contributed by atoms with Gasteiger partial charge in [-0.2, -0.15) is 0 Å². The molecule has 6 heteroatoms. The summed E-state index contributed by atoms with van der Waals surface area (Å²) < 4.78 is 1.17. The van der Waals surface area contributed by atoms with E-state index in [2.05, 4.69) is 68.6 Å². The number of aryl methyl sites for hydroxylation is 1. The second kappa shape index (κ2) is 10.1. The van der Waals surface area contributed by atoms with Crippen LogP contribution in [0.15, 0.2) is 78.9 Å². The van der Waals surface area contributed by atoms with Crippen molar-refractivity contribution in [3.8, 4) is 0 Å². The molecule has 1 fully saturated rings. The first-order chi connectivity index (χ1) is 16.2. The predicted molar refractivity (Wildman–Crippen MR) is 137 cm³/mol. The molecule has 5 rings (SSSR count). The lowest BCUT2D eigenvalue weighted by Gasteiger charge is -2.36. The number of aromatic nitrogens is 1. The second-order valence-corrected chi connectivity index (χ2v) is 9.53. The van der Waals surface area contributed by atoms with Gasteiger partial charge in [0.25, 0.3) is 0 Å². The van der Waals surface area contributed by atoms with Crippen LogP contribution in [-0.4, -0.2) is 42.0 Å². The van der Waals surface area contributed by atoms with Crippen molar-refractivity contribution in [2.24, 2.45) is 0 Å². The van der Waals surface area contributed by atoms with Crippen molar-refractivity contribution in [2.45, 2.75) is 19.4 Å². The molecule has 0 radical (unpaired) electrons. The highest BCUT2D eigenvalue weighted by molar-refractivity contribution is 7.18. The lowest BCUT2D eigenvalue weighted by Crippen LogP contribution is -2.45. The van der Waals surface area contributed by atoms with Crippen LogP contribution in [0.25, 0.3) is 10.2 Å². The van der Waals surface area contributed by atoms with Crippen molar-refractivity contribution in [2.75, 3.05) is 36.4 Å². The summed E-state index contributed by atoms with van der Waals surface area (Å²) in [6, 6.07) is 27.0. The number of fused-ring (bicyclic) bond motifs is 1. The van der Waals surface area contributed by atoms with E-state index in [9.17, 15) is 4.79 Å². The van der Waals surface area contributed by atoms with E-state index in [-0.39, 0.29) is 5.91 Å². The van der Waals surface area contributed by atoms with Gasteiger partial charge in [0.2, 0.25) is 5.91 Å². The van der Waals surface area contributed by atoms with Crippen molar-refractivity contribution in [3.63, 3.8) is 0 Å². The smallest absolute Gasteiger partial charge is 0.224 e. The van der Waals surface area contributed by atoms with Gasteiger partial charge in [0, 0.05) is 56.9 Å². The third-order valence-electron chi connectivity index (χ3n) is 6.04. The van der Waals surface area contributed by atoms with Crippen molar-refractivity contribution < 1.29 is 4.79 Å². The molecule has 1 amide bonds. The number of nitrogens with zero attached hydrogens (tertiary/aromatic N) is 3. The standard InChI is InChI=1S/C27H28N4OS/c32-26(14-15-27-29-24-8-4-5-9-25(24)33-27)28-22-10-12-23(13-11-22)31-18-16-30(17-19-31)20-21-6-2-1-3-7-21/h1-13H,14-20H2,(H,28,32). The summed E-state index contributed by atoms with van der Waals surface area (Å²) >= 11 is 1.66. The van der Waals surface area contributed by atoms with Crippen molar-refractivity contribution in [3.05, 3.63) is 89.4 Å². The van der Waals surface area contributed by atoms with E-state index in [0.717, 1.165) is 48.9 Å². The minimum Gasteiger partial charge on any atom is -0.369 e. The molecule has 0 bridgehead atoms. The van der Waals surface area contributed by atoms with Gasteiger partial charge in [-0.1, -0.05) is 42.5 Å². The first-order valence-corrected chi connectivity index (χ1v) is 12.3. The largest absolute Gasteiger partial charge is 0.369 e. The highest BCUT2D eigenvalue weighted by Gasteiger charge is 2.17. The van der Waals surface area contributed by atoms with Crippen LogP contribution in [0.3, 0.4) is 0 Å². The van der Waals surface area contributed by atoms with E-state index in [4.69, 9.17) is 0 Å². The molecule has 1 aliphatic rings. The Labute approximate surface area is 198 Å². The summed E-state index contributed by atoms with van der Waals surface area (Å²) in [6.07, 6.45) is 1.10. The highest BCUT2D eigenvalue weighted by Crippen LogP contribution is 2.23. The van der Waals surface area contributed by atoms with Gasteiger partial charge in [0.1, 0.15) is 0 Å². The maximum Gasteiger partial charge on any atom is 0.224 e. The molecule has 3 aromatic carbocycles. The molecule has 5 nitrogen and oxygen atoms in total. The van der Waals surface area contributed by atoms with Crippen molar-refractivity contribution >= 4 is 38.8 Å². The number of nitrogens with one attached hydrogen (secondary N) is 1. The van der Waals surface area contributed by atoms with Crippen molar-refractivity contribution in [1.82, 2.24) is 9.88 Å². The molecule has 1 aromatic heterocycles. The predicted octanol–water partition coefficient (Wildman–Crippen LogP) is 5.19. The van der Waals surface area contributed by atoms with Crippen LogP contribution in [-0.2, 0) is 17.8 Å². The zero-order valence-electron chi connectivity index (χ0n) is 18.6. The summed E-state index contributed by atoms with van der Waals surface area (Å²) in [4.78, 5) is 22.0. The maximum atomic E-state index is 12.4. The fraction of sp³-hybridized carbons (Fsp3) is 0.259. The molecule has 0 aliphatic carbocycles. The minimum atomic E-state index is 0.0246. The number of hydrogen-bond donors (Lipinski definition) is 1. The third kappa shape index (κ3) is 5.59. The topological polar surface area (TPSA) is 48.5 Å². The Morgan fingerprint density at radius 1 is 0.879 bits per heavy atom. The van der Waals surface area contributed by atoms with Gasteiger partial charge in [-0.3, -0.25) is 9.69 Å². The van der Waals surface area contributed by atoms with Crippen molar-refractivity contribution in [1.29, 1.82) is 0 Å². The Morgan fingerprint density at radius 2 is 1.61 bits per heavy atom. The molecule has 4 aromatic rings. The Bertz CT molecular complexity index is 1160. The summed E-state index contributed by atoms with van der Waals surface area (Å²) in [5.74, 6) is 0.0246. The molecule has 0 saturated carbocycles. The monoisotopic (exact) mass is 456 g/mol. The van der Waals surface area contributed by atoms with Crippen LogP contribution in [0.5, 0.6) is 0 Å². The first-order valence-electron chi connectivity index (χ1n) is 11.5. The normalized spacial score (nSPS) is 14.5. The van der Waals surface area contributed by atoms with E-state index < -0.39 is 0 Å². The molecule has 1 aliphatic heterocycles. The average molecular weight is 457 g/mol. The number of carbonyl (C=O) groups is 1. The first kappa shape index (κ1) is 21.6. The van der Waals surface area contributed by atoms with Gasteiger partial charge < -0.3 is 10.2 Å². The van der Waals surface area contributed by atoms with Crippen LogP contribution >= 0.6 is 11.3 Å². The molecule has 0 unspecified atom stereocenters. The average Bonchev–Trinajstić information content (AvgIpc) is 3.28. The van der Waals surface area contributed by atoms with Crippen LogP contribution in [0.1, 0.15) is 17.0 Å². The summed E-state index contributed by atoms with van der Waals surface area (Å²) in [6.45, 7) is 5.15. The fourth-order valence-corrected chi connectivity index (χ4v) is 5.20. The molecular weight excluding hydrogens is 428 g/mol. The molecule has 0 atom stereocenters. The van der Waals surface area contributed by atoms with Gasteiger partial charge in [-0.15, -0.1) is 11.3 Å². The minimum absolute atomic E-state index is 0.0246. The van der Waals surface area contributed by atoms with Crippen LogP contribution < -0.4 is 10.2 Å². The number of para-hydroxylation sites is 1. The Balaban J connectivity index is 1.09. The molecule has 33 heavy (non-hydrogen) atoms. The number of piperazine rings is 1. The van der Waals surface area contributed by atoms with Gasteiger partial charge in [-0.25, -0.2) is 4.98 Å². The number of anilines is 2. The molecular formula is C27H28N4OS. The summed E-state index contributed by atoms with van der Waals surface area (Å²) in [7, 11) is 0. The second-order valence-electron chi connectivity index (χ2n) is 8.42. The zero-order chi connectivity index (χ0) is 22.5. The number of carbonyl (C=O) groups excluding carboxylic acids is 1. The van der Waals surface area contributed by atoms with Gasteiger partial charge in [0.05, 0.1) is 15.2 Å². The third-order valence-corrected chi connectivity index (χ3v) is 7.14. The van der Waals surface area contributed by atoms with E-state index >= 15 is 0 Å². The number of amides is 1. The number of thiazole rings is 1. The maximum absolute atomic E-state index is 12.4. The summed E-state index contributed by atoms with van der Waals surface area (Å²) in [5.41, 5.74) is 4.43. The van der Waals surface area contributed by atoms with E-state index in [1.165, 1.54) is 16.0 Å². The highest BCUT2D eigenvalue weighted by atomic mass is 32.1. The Kier molecular flexibility index (Phi) is 6.65. The van der Waals surface area contributed by atoms with Crippen LogP contribution in [0, 0.1) is 0 Å². The fourth-order valence-electron chi connectivity index (χ4n) is 4.23. The molecule has 2 heterocycles. The Hall–Kier alpha value is -3.22. The van der Waals surface area contributed by atoms with Crippen LogP contribution in [0.4, 0.5) is 11.4 Å². The number of hydrogen-bond acceptors (Lipinski definition) is 5.